The molecule has 4 amide bonds. The number of ether oxygens (including phenoxy) is 3. The van der Waals surface area contributed by atoms with E-state index in [1.807, 2.05) is 50.2 Å². The molecule has 1 atom stereocenters. The number of hydrogen-bond donors (Lipinski definition) is 4. The zero-order chi connectivity index (χ0) is 37.6. The highest BCUT2D eigenvalue weighted by Gasteiger charge is 2.33. The van der Waals surface area contributed by atoms with E-state index in [0.29, 0.717) is 22.6 Å². The van der Waals surface area contributed by atoms with Gasteiger partial charge >= 0.3 is 12.0 Å². The van der Waals surface area contributed by atoms with Crippen molar-refractivity contribution >= 4 is 47.1 Å². The molecule has 0 saturated carbocycles. The number of carbonyl (C=O) groups excluding carboxylic acids is 4. The van der Waals surface area contributed by atoms with Crippen LogP contribution in [-0.2, 0) is 27.2 Å². The van der Waals surface area contributed by atoms with Gasteiger partial charge in [-0.1, -0.05) is 24.3 Å². The highest BCUT2D eigenvalue weighted by molar-refractivity contribution is 7.15. The number of urea groups is 1. The van der Waals surface area contributed by atoms with Gasteiger partial charge in [-0.25, -0.2) is 15.0 Å². The normalized spacial score (nSPS) is 15.3. The van der Waals surface area contributed by atoms with Crippen LogP contribution >= 0.6 is 11.3 Å². The summed E-state index contributed by atoms with van der Waals surface area (Å²) in [5.41, 5.74) is 8.91. The Hall–Kier alpha value is -5.89. The topological polar surface area (TPSA) is 161 Å². The maximum Gasteiger partial charge on any atom is 0.338 e. The molecular weight excluding hydrogens is 697 g/mol. The fraction of sp³-hybridized carbons (Fsp3) is 0.308. The number of aryl methyl sites for hydroxylation is 2. The molecule has 13 nitrogen and oxygen atoms in total. The summed E-state index contributed by atoms with van der Waals surface area (Å²) in [6, 6.07) is 15.1. The molecule has 276 valence electrons. The Morgan fingerprint density at radius 2 is 1.81 bits per heavy atom. The van der Waals surface area contributed by atoms with Gasteiger partial charge in [0.2, 0.25) is 0 Å². The van der Waals surface area contributed by atoms with Crippen molar-refractivity contribution in [2.45, 2.75) is 59.4 Å². The molecule has 14 heteroatoms. The van der Waals surface area contributed by atoms with Crippen LogP contribution in [0.15, 0.2) is 71.0 Å². The van der Waals surface area contributed by atoms with Crippen molar-refractivity contribution in [3.05, 3.63) is 104 Å². The number of benzene rings is 2. The summed E-state index contributed by atoms with van der Waals surface area (Å²) in [6.07, 6.45) is 5.54. The van der Waals surface area contributed by atoms with Crippen molar-refractivity contribution in [3.8, 4) is 16.5 Å². The lowest BCUT2D eigenvalue weighted by molar-refractivity contribution is -0.139. The van der Waals surface area contributed by atoms with E-state index in [1.54, 1.807) is 49.6 Å². The number of hydrogen-bond acceptors (Lipinski definition) is 9. The van der Waals surface area contributed by atoms with E-state index in [0.717, 1.165) is 58.9 Å². The second-order valence-corrected chi connectivity index (χ2v) is 13.7. The summed E-state index contributed by atoms with van der Waals surface area (Å²) in [7, 11) is 1.45. The molecule has 0 unspecified atom stereocenters. The minimum atomic E-state index is -0.784. The van der Waals surface area contributed by atoms with Gasteiger partial charge in [-0.15, -0.1) is 11.3 Å². The first-order valence-corrected chi connectivity index (χ1v) is 18.2. The SMILES string of the molecule is CCOC(=O)C1=C(C)NC(=O)N[C@@H]1c1ccc(OCC(=O)N/N=C\c2cc(C)n(-c3sc4c(c3C(=O)Nc3ccccc3)CCCC4)c2C)c(OC)c1. The Kier molecular flexibility index (Phi) is 11.3. The molecule has 3 heterocycles. The Bertz CT molecular complexity index is 2120. The van der Waals surface area contributed by atoms with Crippen LogP contribution in [0.25, 0.3) is 5.00 Å². The Morgan fingerprint density at radius 1 is 1.04 bits per heavy atom. The zero-order valence-corrected chi connectivity index (χ0v) is 31.1. The third-order valence-electron chi connectivity index (χ3n) is 9.12. The number of thiophene rings is 1. The number of anilines is 1. The number of amides is 4. The molecule has 0 fully saturated rings. The molecule has 0 radical (unpaired) electrons. The van der Waals surface area contributed by atoms with Gasteiger partial charge < -0.3 is 34.7 Å². The van der Waals surface area contributed by atoms with Gasteiger partial charge in [0.1, 0.15) is 5.00 Å². The van der Waals surface area contributed by atoms with Crippen LogP contribution in [0, 0.1) is 13.8 Å². The number of nitrogens with zero attached hydrogens (tertiary/aromatic N) is 2. The molecule has 2 aromatic heterocycles. The van der Waals surface area contributed by atoms with Crippen LogP contribution in [0.1, 0.15) is 76.0 Å². The highest BCUT2D eigenvalue weighted by Crippen LogP contribution is 2.39. The van der Waals surface area contributed by atoms with Crippen LogP contribution in [0.3, 0.4) is 0 Å². The Morgan fingerprint density at radius 3 is 2.57 bits per heavy atom. The third kappa shape index (κ3) is 7.97. The lowest BCUT2D eigenvalue weighted by atomic mass is 9.95. The van der Waals surface area contributed by atoms with E-state index < -0.39 is 23.9 Å². The average Bonchev–Trinajstić information content (AvgIpc) is 3.66. The largest absolute Gasteiger partial charge is 0.493 e. The smallest absolute Gasteiger partial charge is 0.338 e. The molecule has 4 N–H and O–H groups in total. The van der Waals surface area contributed by atoms with Crippen LogP contribution < -0.4 is 30.8 Å². The van der Waals surface area contributed by atoms with Crippen molar-refractivity contribution in [2.24, 2.45) is 5.10 Å². The molecule has 0 spiro atoms. The minimum absolute atomic E-state index is 0.127. The molecule has 2 aromatic carbocycles. The van der Waals surface area contributed by atoms with Crippen molar-refractivity contribution < 1.29 is 33.4 Å². The first-order chi connectivity index (χ1) is 25.6. The summed E-state index contributed by atoms with van der Waals surface area (Å²) in [4.78, 5) is 52.7. The Labute approximate surface area is 311 Å². The average molecular weight is 739 g/mol. The number of carbonyl (C=O) groups is 4. The van der Waals surface area contributed by atoms with Gasteiger partial charge in [0.25, 0.3) is 11.8 Å². The molecule has 53 heavy (non-hydrogen) atoms. The maximum atomic E-state index is 13.7. The van der Waals surface area contributed by atoms with Crippen LogP contribution in [0.4, 0.5) is 10.5 Å². The summed E-state index contributed by atoms with van der Waals surface area (Å²) in [5.74, 6) is -0.600. The number of para-hydroxylation sites is 1. The molecule has 2 aliphatic rings. The predicted molar refractivity (Wildman–Crippen MR) is 202 cm³/mol. The molecule has 1 aliphatic carbocycles. The Balaban J connectivity index is 1.14. The lowest BCUT2D eigenvalue weighted by Crippen LogP contribution is -2.45. The van der Waals surface area contributed by atoms with Gasteiger partial charge in [-0.3, -0.25) is 9.59 Å². The van der Waals surface area contributed by atoms with Crippen molar-refractivity contribution in [2.75, 3.05) is 25.6 Å². The van der Waals surface area contributed by atoms with Crippen molar-refractivity contribution in [3.63, 3.8) is 0 Å². The highest BCUT2D eigenvalue weighted by atomic mass is 32.1. The van der Waals surface area contributed by atoms with Crippen molar-refractivity contribution in [1.29, 1.82) is 0 Å². The molecule has 0 saturated heterocycles. The second kappa shape index (κ2) is 16.2. The number of fused-ring (bicyclic) bond motifs is 1. The second-order valence-electron chi connectivity index (χ2n) is 12.7. The van der Waals surface area contributed by atoms with Gasteiger partial charge in [0, 0.05) is 33.2 Å². The summed E-state index contributed by atoms with van der Waals surface area (Å²) in [6.45, 7) is 7.11. The number of rotatable bonds is 12. The molecule has 4 aromatic rings. The van der Waals surface area contributed by atoms with Gasteiger partial charge in [0.05, 0.1) is 37.1 Å². The quantitative estimate of drug-likeness (QED) is 0.0786. The van der Waals surface area contributed by atoms with Gasteiger partial charge in [-0.05, 0) is 94.8 Å². The number of nitrogens with one attached hydrogen (secondary N) is 4. The van der Waals surface area contributed by atoms with Gasteiger partial charge in [0.15, 0.2) is 18.1 Å². The number of esters is 1. The van der Waals surface area contributed by atoms with E-state index in [1.165, 1.54) is 12.0 Å². The van der Waals surface area contributed by atoms with Crippen LogP contribution in [0.2, 0.25) is 0 Å². The molecule has 0 bridgehead atoms. The number of allylic oxidation sites excluding steroid dienone is 1. The fourth-order valence-electron chi connectivity index (χ4n) is 6.64. The standard InChI is InChI=1S/C39H42N6O7S/c1-6-51-38(48)33-23(3)41-39(49)43-35(33)25-16-17-29(30(19-25)50-5)52-21-32(46)44-40-20-26-18-22(2)45(24(26)4)37-34(28-14-10-11-15-31(28)53-37)36(47)42-27-12-8-7-9-13-27/h7-9,12-13,16-20,35H,6,10-11,14-15,21H2,1-5H3,(H,42,47)(H,44,46)(H2,41,43,49)/b40-20-/t35-/m1/s1. The monoisotopic (exact) mass is 738 g/mol. The first-order valence-electron chi connectivity index (χ1n) is 17.4. The summed E-state index contributed by atoms with van der Waals surface area (Å²) in [5, 5.41) is 13.5. The summed E-state index contributed by atoms with van der Waals surface area (Å²) >= 11 is 1.66. The van der Waals surface area contributed by atoms with Gasteiger partial charge in [-0.2, -0.15) is 5.10 Å². The molecule has 6 rings (SSSR count). The predicted octanol–water partition coefficient (Wildman–Crippen LogP) is 6.02. The van der Waals surface area contributed by atoms with E-state index in [9.17, 15) is 19.2 Å². The third-order valence-corrected chi connectivity index (χ3v) is 10.4. The van der Waals surface area contributed by atoms with Crippen LogP contribution in [0.5, 0.6) is 11.5 Å². The number of hydrazone groups is 1. The minimum Gasteiger partial charge on any atom is -0.493 e. The van der Waals surface area contributed by atoms with Crippen LogP contribution in [-0.4, -0.2) is 54.9 Å². The van der Waals surface area contributed by atoms with E-state index in [-0.39, 0.29) is 30.4 Å². The first kappa shape index (κ1) is 36.9. The number of aromatic nitrogens is 1. The van der Waals surface area contributed by atoms with Crippen molar-refractivity contribution in [1.82, 2.24) is 20.6 Å². The van der Waals surface area contributed by atoms with E-state index in [4.69, 9.17) is 14.2 Å². The lowest BCUT2D eigenvalue weighted by Gasteiger charge is -2.28. The van der Waals surface area contributed by atoms with E-state index >= 15 is 0 Å². The van der Waals surface area contributed by atoms with E-state index in [2.05, 4.69) is 31.0 Å². The molecular formula is C39H42N6O7S. The maximum absolute atomic E-state index is 13.7. The fourth-order valence-corrected chi connectivity index (χ4v) is 8.14. The summed E-state index contributed by atoms with van der Waals surface area (Å²) < 4.78 is 18.6. The molecule has 1 aliphatic heterocycles. The zero-order valence-electron chi connectivity index (χ0n) is 30.3. The number of methoxy groups -OCH3 is 1.